The van der Waals surface area contributed by atoms with Crippen molar-refractivity contribution in [2.24, 2.45) is 5.73 Å². The summed E-state index contributed by atoms with van der Waals surface area (Å²) in [5.41, 5.74) is 4.97. The fraction of sp³-hybridized carbons (Fsp3) is 0.400. The van der Waals surface area contributed by atoms with E-state index in [4.69, 9.17) is 5.73 Å². The van der Waals surface area contributed by atoms with Crippen LogP contribution in [0.2, 0.25) is 0 Å². The lowest BCUT2D eigenvalue weighted by atomic mass is 10.3. The third-order valence-electron chi connectivity index (χ3n) is 2.70. The summed E-state index contributed by atoms with van der Waals surface area (Å²) in [5.74, 6) is -0.569. The van der Waals surface area contributed by atoms with Gasteiger partial charge in [0.1, 0.15) is 5.82 Å². The van der Waals surface area contributed by atoms with Gasteiger partial charge in [0, 0.05) is 12.1 Å². The Labute approximate surface area is 93.7 Å². The molecule has 0 radical (unpaired) electrons. The van der Waals surface area contributed by atoms with Gasteiger partial charge in [0.25, 0.3) is 0 Å². The third kappa shape index (κ3) is 2.23. The number of halogens is 1. The quantitative estimate of drug-likeness (QED) is 0.814. The molecule has 1 aliphatic carbocycles. The van der Waals surface area contributed by atoms with Crippen LogP contribution >= 0.6 is 0 Å². The van der Waals surface area contributed by atoms with Crippen molar-refractivity contribution in [3.63, 3.8) is 0 Å². The highest BCUT2D eigenvalue weighted by molar-refractivity contribution is 7.89. The molecule has 0 aromatic heterocycles. The lowest BCUT2D eigenvalue weighted by Crippen LogP contribution is -2.42. The van der Waals surface area contributed by atoms with E-state index in [1.807, 2.05) is 0 Å². The Morgan fingerprint density at radius 1 is 1.44 bits per heavy atom. The predicted octanol–water partition coefficient (Wildman–Crippen LogP) is 0.595. The van der Waals surface area contributed by atoms with Crippen LogP contribution in [0.1, 0.15) is 12.8 Å². The van der Waals surface area contributed by atoms with E-state index in [1.54, 1.807) is 0 Å². The van der Waals surface area contributed by atoms with Crippen molar-refractivity contribution in [2.75, 3.05) is 6.54 Å². The van der Waals surface area contributed by atoms with Crippen LogP contribution in [0.3, 0.4) is 0 Å². The molecule has 0 unspecified atom stereocenters. The van der Waals surface area contributed by atoms with Gasteiger partial charge in [-0.3, -0.25) is 0 Å². The fourth-order valence-electron chi connectivity index (χ4n) is 1.48. The summed E-state index contributed by atoms with van der Waals surface area (Å²) >= 11 is 0. The number of sulfonamides is 1. The first-order valence-electron chi connectivity index (χ1n) is 4.97. The van der Waals surface area contributed by atoms with E-state index < -0.39 is 21.4 Å². The molecule has 0 spiro atoms. The molecule has 6 heteroatoms. The van der Waals surface area contributed by atoms with E-state index in [1.165, 1.54) is 18.2 Å². The normalized spacial score (nSPS) is 18.4. The zero-order chi connectivity index (χ0) is 11.8. The smallest absolute Gasteiger partial charge is 0.241 e. The molecule has 16 heavy (non-hydrogen) atoms. The summed E-state index contributed by atoms with van der Waals surface area (Å²) in [6.45, 7) is 0.265. The third-order valence-corrected chi connectivity index (χ3v) is 4.28. The molecule has 0 saturated heterocycles. The van der Waals surface area contributed by atoms with Crippen molar-refractivity contribution in [1.82, 2.24) is 4.72 Å². The number of nitrogens with two attached hydrogens (primary N) is 1. The Hall–Kier alpha value is -0.980. The topological polar surface area (TPSA) is 72.2 Å². The van der Waals surface area contributed by atoms with Crippen LogP contribution in [0, 0.1) is 5.82 Å². The minimum absolute atomic E-state index is 0.0628. The summed E-state index contributed by atoms with van der Waals surface area (Å²) in [5, 5.41) is 0. The van der Waals surface area contributed by atoms with Crippen molar-refractivity contribution < 1.29 is 12.8 Å². The van der Waals surface area contributed by atoms with Gasteiger partial charge in [0.2, 0.25) is 10.0 Å². The molecule has 0 bridgehead atoms. The Bertz CT molecular complexity index is 497. The second kappa shape index (κ2) is 3.80. The van der Waals surface area contributed by atoms with Crippen LogP contribution in [-0.4, -0.2) is 20.5 Å². The van der Waals surface area contributed by atoms with E-state index in [0.717, 1.165) is 18.9 Å². The van der Waals surface area contributed by atoms with Crippen molar-refractivity contribution in [3.05, 3.63) is 30.1 Å². The Morgan fingerprint density at radius 3 is 2.62 bits per heavy atom. The summed E-state index contributed by atoms with van der Waals surface area (Å²) in [6, 6.07) is 4.92. The highest BCUT2D eigenvalue weighted by atomic mass is 32.2. The van der Waals surface area contributed by atoms with E-state index in [-0.39, 0.29) is 11.4 Å². The highest BCUT2D eigenvalue weighted by Crippen LogP contribution is 2.35. The summed E-state index contributed by atoms with van der Waals surface area (Å²) in [6.07, 6.45) is 1.47. The Morgan fingerprint density at radius 2 is 2.12 bits per heavy atom. The number of benzene rings is 1. The van der Waals surface area contributed by atoms with Crippen molar-refractivity contribution in [2.45, 2.75) is 23.3 Å². The molecule has 0 aliphatic heterocycles. The maximum Gasteiger partial charge on any atom is 0.241 e. The van der Waals surface area contributed by atoms with Gasteiger partial charge in [-0.1, -0.05) is 6.07 Å². The summed E-state index contributed by atoms with van der Waals surface area (Å²) < 4.78 is 39.2. The lowest BCUT2D eigenvalue weighted by Gasteiger charge is -2.14. The van der Waals surface area contributed by atoms with Crippen LogP contribution in [0.4, 0.5) is 4.39 Å². The molecule has 0 amide bonds. The Balaban J connectivity index is 2.26. The van der Waals surface area contributed by atoms with Crippen molar-refractivity contribution in [1.29, 1.82) is 0 Å². The van der Waals surface area contributed by atoms with Crippen molar-refractivity contribution >= 4 is 10.0 Å². The molecule has 1 aromatic rings. The van der Waals surface area contributed by atoms with Gasteiger partial charge in [-0.25, -0.2) is 17.5 Å². The van der Waals surface area contributed by atoms with Crippen molar-refractivity contribution in [3.8, 4) is 0 Å². The number of hydrogen-bond acceptors (Lipinski definition) is 3. The Kier molecular flexibility index (Phi) is 2.73. The molecular weight excluding hydrogens is 231 g/mol. The fourth-order valence-corrected chi connectivity index (χ4v) is 2.98. The predicted molar refractivity (Wildman–Crippen MR) is 57.7 cm³/mol. The molecule has 0 heterocycles. The maximum atomic E-state index is 12.9. The summed E-state index contributed by atoms with van der Waals surface area (Å²) in [4.78, 5) is -0.0628. The standard InChI is InChI=1S/C10H13FN2O2S/c11-8-2-1-3-9(6-8)16(14,15)13-10(7-12)4-5-10/h1-3,6,13H,4-5,7,12H2. The monoisotopic (exact) mass is 244 g/mol. The summed E-state index contributed by atoms with van der Waals surface area (Å²) in [7, 11) is -3.66. The van der Waals surface area contributed by atoms with Crippen LogP contribution in [0.15, 0.2) is 29.2 Å². The van der Waals surface area contributed by atoms with Crippen LogP contribution in [-0.2, 0) is 10.0 Å². The van der Waals surface area contributed by atoms with Gasteiger partial charge in [0.05, 0.1) is 4.90 Å². The second-order valence-corrected chi connectivity index (χ2v) is 5.73. The molecule has 1 saturated carbocycles. The van der Waals surface area contributed by atoms with Crippen LogP contribution in [0.25, 0.3) is 0 Å². The first kappa shape index (κ1) is 11.5. The average Bonchev–Trinajstić information content (AvgIpc) is 2.98. The van der Waals surface area contributed by atoms with Gasteiger partial charge >= 0.3 is 0 Å². The first-order valence-corrected chi connectivity index (χ1v) is 6.45. The molecule has 1 fully saturated rings. The molecule has 88 valence electrons. The minimum Gasteiger partial charge on any atom is -0.329 e. The van der Waals surface area contributed by atoms with Gasteiger partial charge in [0.15, 0.2) is 0 Å². The largest absolute Gasteiger partial charge is 0.329 e. The zero-order valence-corrected chi connectivity index (χ0v) is 9.43. The molecular formula is C10H13FN2O2S. The number of hydrogen-bond donors (Lipinski definition) is 2. The van der Waals surface area contributed by atoms with Gasteiger partial charge in [-0.15, -0.1) is 0 Å². The van der Waals surface area contributed by atoms with Crippen LogP contribution < -0.4 is 10.5 Å². The lowest BCUT2D eigenvalue weighted by molar-refractivity contribution is 0.543. The van der Waals surface area contributed by atoms with E-state index in [2.05, 4.69) is 4.72 Å². The van der Waals surface area contributed by atoms with Gasteiger partial charge in [-0.05, 0) is 31.0 Å². The number of nitrogens with one attached hydrogen (secondary N) is 1. The van der Waals surface area contributed by atoms with Gasteiger partial charge in [-0.2, -0.15) is 0 Å². The molecule has 1 aromatic carbocycles. The van der Waals surface area contributed by atoms with Gasteiger partial charge < -0.3 is 5.73 Å². The average molecular weight is 244 g/mol. The molecule has 3 N–H and O–H groups in total. The highest BCUT2D eigenvalue weighted by Gasteiger charge is 2.44. The first-order chi connectivity index (χ1) is 7.47. The zero-order valence-electron chi connectivity index (χ0n) is 8.61. The molecule has 2 rings (SSSR count). The van der Waals surface area contributed by atoms with E-state index in [9.17, 15) is 12.8 Å². The molecule has 4 nitrogen and oxygen atoms in total. The SMILES string of the molecule is NCC1(NS(=O)(=O)c2cccc(F)c2)CC1. The molecule has 1 aliphatic rings. The van der Waals surface area contributed by atoms with E-state index in [0.29, 0.717) is 0 Å². The number of rotatable bonds is 4. The minimum atomic E-state index is -3.66. The molecule has 0 atom stereocenters. The second-order valence-electron chi connectivity index (χ2n) is 4.05. The van der Waals surface area contributed by atoms with E-state index >= 15 is 0 Å². The maximum absolute atomic E-state index is 12.9. The van der Waals surface area contributed by atoms with Crippen LogP contribution in [0.5, 0.6) is 0 Å².